The lowest BCUT2D eigenvalue weighted by atomic mass is 10.1. The smallest absolute Gasteiger partial charge is 0.162 e. The molecule has 1 atom stereocenters. The normalized spacial score (nSPS) is 32.0. The first-order chi connectivity index (χ1) is 4.86. The van der Waals surface area contributed by atoms with E-state index in [0.717, 1.165) is 0 Å². The van der Waals surface area contributed by atoms with Gasteiger partial charge in [-0.2, -0.15) is 0 Å². The Morgan fingerprint density at radius 3 is 2.90 bits per heavy atom. The van der Waals surface area contributed by atoms with Crippen LogP contribution in [0.2, 0.25) is 0 Å². The summed E-state index contributed by atoms with van der Waals surface area (Å²) in [5.74, 6) is 0.886. The van der Waals surface area contributed by atoms with Crippen molar-refractivity contribution < 1.29 is 9.53 Å². The van der Waals surface area contributed by atoms with Crippen molar-refractivity contribution in [2.75, 3.05) is 0 Å². The number of hydrogen-bond donors (Lipinski definition) is 0. The van der Waals surface area contributed by atoms with E-state index in [4.69, 9.17) is 4.74 Å². The average Bonchev–Trinajstić information content (AvgIpc) is 2.68. The highest BCUT2D eigenvalue weighted by molar-refractivity contribution is 5.90. The van der Waals surface area contributed by atoms with Crippen molar-refractivity contribution in [1.82, 2.24) is 0 Å². The molecule has 2 nitrogen and oxygen atoms in total. The summed E-state index contributed by atoms with van der Waals surface area (Å²) >= 11 is 0. The van der Waals surface area contributed by atoms with E-state index in [1.807, 2.05) is 0 Å². The van der Waals surface area contributed by atoms with Crippen LogP contribution in [-0.2, 0) is 9.53 Å². The maximum Gasteiger partial charge on any atom is 0.162 e. The zero-order chi connectivity index (χ0) is 6.97. The molecule has 1 saturated carbocycles. The van der Waals surface area contributed by atoms with Crippen molar-refractivity contribution in [3.05, 3.63) is 12.3 Å². The number of ether oxygens (including phenoxy) is 1. The Balaban J connectivity index is 1.99. The van der Waals surface area contributed by atoms with Gasteiger partial charge in [0.05, 0.1) is 6.26 Å². The molecule has 0 aromatic carbocycles. The minimum atomic E-state index is 0.206. The lowest BCUT2D eigenvalue weighted by molar-refractivity contribution is -0.118. The number of carbonyl (C=O) groups is 1. The first-order valence-electron chi connectivity index (χ1n) is 3.71. The molecule has 0 spiro atoms. The Bertz CT molecular complexity index is 180. The van der Waals surface area contributed by atoms with Gasteiger partial charge in [0, 0.05) is 12.5 Å². The third-order valence-electron chi connectivity index (χ3n) is 2.06. The lowest BCUT2D eigenvalue weighted by Crippen LogP contribution is -2.20. The topological polar surface area (TPSA) is 26.3 Å². The predicted octanol–water partition coefficient (Wildman–Crippen LogP) is 1.27. The van der Waals surface area contributed by atoms with Crippen LogP contribution in [-0.4, -0.2) is 11.9 Å². The Labute approximate surface area is 59.9 Å². The molecular formula is C8H10O2. The van der Waals surface area contributed by atoms with Crippen molar-refractivity contribution in [1.29, 1.82) is 0 Å². The van der Waals surface area contributed by atoms with Crippen molar-refractivity contribution >= 4 is 5.78 Å². The van der Waals surface area contributed by atoms with Gasteiger partial charge in [0.15, 0.2) is 5.78 Å². The van der Waals surface area contributed by atoms with Crippen LogP contribution >= 0.6 is 0 Å². The van der Waals surface area contributed by atoms with E-state index in [1.165, 1.54) is 25.2 Å². The molecule has 0 radical (unpaired) electrons. The highest BCUT2D eigenvalue weighted by atomic mass is 16.5. The first kappa shape index (κ1) is 5.96. The highest BCUT2D eigenvalue weighted by Gasteiger charge is 2.34. The fraction of sp³-hybridized carbons (Fsp3) is 0.625. The Morgan fingerprint density at radius 1 is 1.50 bits per heavy atom. The molecule has 54 valence electrons. The Hall–Kier alpha value is -0.790. The van der Waals surface area contributed by atoms with Crippen LogP contribution in [0.4, 0.5) is 0 Å². The van der Waals surface area contributed by atoms with Gasteiger partial charge in [-0.25, -0.2) is 0 Å². The van der Waals surface area contributed by atoms with Crippen molar-refractivity contribution in [3.63, 3.8) is 0 Å². The van der Waals surface area contributed by atoms with Crippen LogP contribution < -0.4 is 0 Å². The molecule has 1 fully saturated rings. The van der Waals surface area contributed by atoms with Crippen molar-refractivity contribution in [2.24, 2.45) is 5.92 Å². The van der Waals surface area contributed by atoms with Crippen molar-refractivity contribution in [3.8, 4) is 0 Å². The molecule has 1 aliphatic carbocycles. The molecule has 0 amide bonds. The molecule has 2 rings (SSSR count). The molecule has 0 saturated heterocycles. The monoisotopic (exact) mass is 138 g/mol. The van der Waals surface area contributed by atoms with Gasteiger partial charge in [0.1, 0.15) is 6.10 Å². The summed E-state index contributed by atoms with van der Waals surface area (Å²) < 4.78 is 5.27. The standard InChI is InChI=1S/C8H10O2/c9-7-3-4-10-8(5-7)6-1-2-6/h3-4,6,8H,1-2,5H2/t8-/m1/s1. The second-order valence-corrected chi connectivity index (χ2v) is 2.99. The fourth-order valence-electron chi connectivity index (χ4n) is 1.28. The van der Waals surface area contributed by atoms with Crippen LogP contribution in [0.1, 0.15) is 19.3 Å². The zero-order valence-electron chi connectivity index (χ0n) is 5.75. The average molecular weight is 138 g/mol. The van der Waals surface area contributed by atoms with Gasteiger partial charge in [-0.15, -0.1) is 0 Å². The first-order valence-corrected chi connectivity index (χ1v) is 3.71. The molecule has 2 heteroatoms. The molecule has 1 aliphatic heterocycles. The number of ketones is 1. The molecular weight excluding hydrogens is 128 g/mol. The maximum atomic E-state index is 10.8. The van der Waals surface area contributed by atoms with E-state index < -0.39 is 0 Å². The lowest BCUT2D eigenvalue weighted by Gasteiger charge is -2.17. The molecule has 1 heterocycles. The molecule has 0 bridgehead atoms. The number of allylic oxidation sites excluding steroid dienone is 1. The third-order valence-corrected chi connectivity index (χ3v) is 2.06. The molecule has 0 N–H and O–H groups in total. The fourth-order valence-corrected chi connectivity index (χ4v) is 1.28. The van der Waals surface area contributed by atoms with E-state index in [1.54, 1.807) is 0 Å². The van der Waals surface area contributed by atoms with E-state index in [9.17, 15) is 4.79 Å². The van der Waals surface area contributed by atoms with Gasteiger partial charge in [-0.3, -0.25) is 4.79 Å². The zero-order valence-corrected chi connectivity index (χ0v) is 5.75. The summed E-state index contributed by atoms with van der Waals surface area (Å²) in [4.78, 5) is 10.8. The van der Waals surface area contributed by atoms with Gasteiger partial charge in [-0.05, 0) is 18.8 Å². The summed E-state index contributed by atoms with van der Waals surface area (Å²) in [5, 5.41) is 0. The van der Waals surface area contributed by atoms with Crippen molar-refractivity contribution in [2.45, 2.75) is 25.4 Å². The summed E-state index contributed by atoms with van der Waals surface area (Å²) in [6.07, 6.45) is 6.34. The van der Waals surface area contributed by atoms with Gasteiger partial charge in [-0.1, -0.05) is 0 Å². The summed E-state index contributed by atoms with van der Waals surface area (Å²) in [7, 11) is 0. The minimum absolute atomic E-state index is 0.206. The predicted molar refractivity (Wildman–Crippen MR) is 36.4 cm³/mol. The minimum Gasteiger partial charge on any atom is -0.497 e. The van der Waals surface area contributed by atoms with Crippen LogP contribution in [0, 0.1) is 5.92 Å². The molecule has 10 heavy (non-hydrogen) atoms. The quantitative estimate of drug-likeness (QED) is 0.545. The molecule has 2 aliphatic rings. The van der Waals surface area contributed by atoms with Gasteiger partial charge >= 0.3 is 0 Å². The summed E-state index contributed by atoms with van der Waals surface area (Å²) in [5.41, 5.74) is 0. The second kappa shape index (κ2) is 2.11. The van der Waals surface area contributed by atoms with Crippen LogP contribution in [0.25, 0.3) is 0 Å². The molecule has 0 aromatic heterocycles. The van der Waals surface area contributed by atoms with Gasteiger partial charge in [0.2, 0.25) is 0 Å². The number of carbonyl (C=O) groups excluding carboxylic acids is 1. The summed E-state index contributed by atoms with van der Waals surface area (Å²) in [6.45, 7) is 0. The Kier molecular flexibility index (Phi) is 1.26. The molecule has 0 unspecified atom stereocenters. The van der Waals surface area contributed by atoms with E-state index >= 15 is 0 Å². The third kappa shape index (κ3) is 1.06. The van der Waals surface area contributed by atoms with Crippen LogP contribution in [0.5, 0.6) is 0 Å². The van der Waals surface area contributed by atoms with E-state index in [2.05, 4.69) is 0 Å². The molecule has 0 aromatic rings. The SMILES string of the molecule is O=C1C=CO[C@@H](C2CC2)C1. The highest BCUT2D eigenvalue weighted by Crippen LogP contribution is 2.36. The summed E-state index contributed by atoms with van der Waals surface area (Å²) in [6, 6.07) is 0. The van der Waals surface area contributed by atoms with Crippen LogP contribution in [0.3, 0.4) is 0 Å². The van der Waals surface area contributed by atoms with Gasteiger partial charge in [0.25, 0.3) is 0 Å². The van der Waals surface area contributed by atoms with Gasteiger partial charge < -0.3 is 4.74 Å². The largest absolute Gasteiger partial charge is 0.497 e. The Morgan fingerprint density at radius 2 is 2.30 bits per heavy atom. The van der Waals surface area contributed by atoms with E-state index in [0.29, 0.717) is 12.3 Å². The number of rotatable bonds is 1. The van der Waals surface area contributed by atoms with E-state index in [-0.39, 0.29) is 11.9 Å². The second-order valence-electron chi connectivity index (χ2n) is 2.99. The maximum absolute atomic E-state index is 10.8. The van der Waals surface area contributed by atoms with Crippen LogP contribution in [0.15, 0.2) is 12.3 Å². The number of hydrogen-bond acceptors (Lipinski definition) is 2.